The van der Waals surface area contributed by atoms with Crippen molar-refractivity contribution in [2.24, 2.45) is 5.11 Å². The van der Waals surface area contributed by atoms with Crippen LogP contribution < -0.4 is 0 Å². The molecule has 4 nitrogen and oxygen atoms in total. The molecule has 1 aromatic rings. The average Bonchev–Trinajstić information content (AvgIpc) is 2.15. The summed E-state index contributed by atoms with van der Waals surface area (Å²) in [4.78, 5) is 5.10. The van der Waals surface area contributed by atoms with Crippen LogP contribution in [-0.2, 0) is 6.54 Å². The molecule has 1 aromatic carbocycles. The van der Waals surface area contributed by atoms with E-state index in [1.807, 2.05) is 0 Å². The summed E-state index contributed by atoms with van der Waals surface area (Å²) in [5, 5.41) is 3.68. The zero-order valence-electron chi connectivity index (χ0n) is 8.80. The van der Waals surface area contributed by atoms with Gasteiger partial charge in [0.2, 0.25) is 0 Å². The van der Waals surface area contributed by atoms with Gasteiger partial charge < -0.3 is 0 Å². The van der Waals surface area contributed by atoms with Crippen LogP contribution in [-0.4, -0.2) is 24.0 Å². The Bertz CT molecular complexity index is 389. The maximum Gasteiger partial charge on any atom is 0.0628 e. The first kappa shape index (κ1) is 10.0. The van der Waals surface area contributed by atoms with Crippen LogP contribution in [0.15, 0.2) is 29.4 Å². The Morgan fingerprint density at radius 1 is 1.53 bits per heavy atom. The summed E-state index contributed by atoms with van der Waals surface area (Å²) in [7, 11) is 0. The summed E-state index contributed by atoms with van der Waals surface area (Å²) < 4.78 is 0. The molecule has 0 aliphatic carbocycles. The predicted molar refractivity (Wildman–Crippen MR) is 59.4 cm³/mol. The van der Waals surface area contributed by atoms with Crippen LogP contribution in [0, 0.1) is 6.92 Å². The first-order valence-corrected chi connectivity index (χ1v) is 5.10. The van der Waals surface area contributed by atoms with Gasteiger partial charge in [-0.3, -0.25) is 4.90 Å². The standard InChI is InChI=1S/C11H14N4/c1-9-3-2-4-10(5-9)6-15-7-11(8-15)13-14-12/h2-5,11H,6-8H2,1H3. The maximum atomic E-state index is 8.25. The van der Waals surface area contributed by atoms with Gasteiger partial charge in [0.1, 0.15) is 0 Å². The van der Waals surface area contributed by atoms with Gasteiger partial charge in [0.05, 0.1) is 6.04 Å². The number of hydrogen-bond acceptors (Lipinski definition) is 2. The average molecular weight is 202 g/mol. The monoisotopic (exact) mass is 202 g/mol. The Morgan fingerprint density at radius 3 is 3.00 bits per heavy atom. The van der Waals surface area contributed by atoms with Crippen molar-refractivity contribution in [3.05, 3.63) is 45.8 Å². The smallest absolute Gasteiger partial charge is 0.0628 e. The van der Waals surface area contributed by atoms with Crippen LogP contribution in [0.2, 0.25) is 0 Å². The van der Waals surface area contributed by atoms with E-state index in [1.165, 1.54) is 11.1 Å². The lowest BCUT2D eigenvalue weighted by Crippen LogP contribution is -2.48. The molecule has 1 aliphatic heterocycles. The van der Waals surface area contributed by atoms with Gasteiger partial charge in [-0.05, 0) is 18.0 Å². The zero-order valence-corrected chi connectivity index (χ0v) is 8.80. The molecule has 0 bridgehead atoms. The topological polar surface area (TPSA) is 52.0 Å². The lowest BCUT2D eigenvalue weighted by Gasteiger charge is -2.36. The molecule has 4 heteroatoms. The molecule has 1 heterocycles. The molecule has 0 atom stereocenters. The number of hydrogen-bond donors (Lipinski definition) is 0. The van der Waals surface area contributed by atoms with Gasteiger partial charge in [0, 0.05) is 24.5 Å². The molecule has 0 spiro atoms. The van der Waals surface area contributed by atoms with E-state index in [2.05, 4.69) is 46.1 Å². The minimum atomic E-state index is 0.180. The summed E-state index contributed by atoms with van der Waals surface area (Å²) >= 11 is 0. The summed E-state index contributed by atoms with van der Waals surface area (Å²) in [5.41, 5.74) is 10.9. The Morgan fingerprint density at radius 2 is 2.33 bits per heavy atom. The number of benzene rings is 1. The van der Waals surface area contributed by atoms with Crippen molar-refractivity contribution in [2.45, 2.75) is 19.5 Å². The van der Waals surface area contributed by atoms with E-state index in [-0.39, 0.29) is 6.04 Å². The maximum absolute atomic E-state index is 8.25. The quantitative estimate of drug-likeness (QED) is 0.422. The molecule has 0 unspecified atom stereocenters. The highest BCUT2D eigenvalue weighted by Crippen LogP contribution is 2.16. The third-order valence-electron chi connectivity index (χ3n) is 2.64. The van der Waals surface area contributed by atoms with Crippen molar-refractivity contribution in [3.8, 4) is 0 Å². The highest BCUT2D eigenvalue weighted by molar-refractivity contribution is 5.22. The van der Waals surface area contributed by atoms with Gasteiger partial charge >= 0.3 is 0 Å². The van der Waals surface area contributed by atoms with Gasteiger partial charge in [0.15, 0.2) is 0 Å². The van der Waals surface area contributed by atoms with Crippen molar-refractivity contribution >= 4 is 0 Å². The lowest BCUT2D eigenvalue weighted by atomic mass is 10.1. The summed E-state index contributed by atoms with van der Waals surface area (Å²) in [6.45, 7) is 4.83. The molecular formula is C11H14N4. The van der Waals surface area contributed by atoms with E-state index < -0.39 is 0 Å². The van der Waals surface area contributed by atoms with Crippen molar-refractivity contribution in [1.29, 1.82) is 0 Å². The number of azide groups is 1. The van der Waals surface area contributed by atoms with E-state index >= 15 is 0 Å². The Kier molecular flexibility index (Phi) is 2.90. The molecule has 0 amide bonds. The molecule has 2 rings (SSSR count). The lowest BCUT2D eigenvalue weighted by molar-refractivity contribution is 0.142. The van der Waals surface area contributed by atoms with Crippen molar-refractivity contribution in [2.75, 3.05) is 13.1 Å². The Labute approximate surface area is 89.1 Å². The first-order valence-electron chi connectivity index (χ1n) is 5.10. The third kappa shape index (κ3) is 2.49. The highest BCUT2D eigenvalue weighted by atomic mass is 15.3. The normalized spacial score (nSPS) is 16.9. The van der Waals surface area contributed by atoms with Crippen molar-refractivity contribution in [1.82, 2.24) is 4.90 Å². The fraction of sp³-hybridized carbons (Fsp3) is 0.455. The van der Waals surface area contributed by atoms with E-state index in [0.29, 0.717) is 0 Å². The molecular weight excluding hydrogens is 188 g/mol. The van der Waals surface area contributed by atoms with E-state index in [1.54, 1.807) is 0 Å². The number of aryl methyl sites for hydroxylation is 1. The molecule has 1 saturated heterocycles. The minimum Gasteiger partial charge on any atom is -0.298 e. The van der Waals surface area contributed by atoms with Crippen molar-refractivity contribution in [3.63, 3.8) is 0 Å². The van der Waals surface area contributed by atoms with Gasteiger partial charge in [0.25, 0.3) is 0 Å². The Balaban J connectivity index is 1.87. The number of nitrogens with zero attached hydrogens (tertiary/aromatic N) is 4. The van der Waals surface area contributed by atoms with Gasteiger partial charge in [-0.25, -0.2) is 0 Å². The zero-order chi connectivity index (χ0) is 10.7. The number of rotatable bonds is 3. The van der Waals surface area contributed by atoms with Crippen LogP contribution in [0.4, 0.5) is 0 Å². The van der Waals surface area contributed by atoms with E-state index in [0.717, 1.165) is 19.6 Å². The second-order valence-corrected chi connectivity index (χ2v) is 4.04. The minimum absolute atomic E-state index is 0.180. The number of likely N-dealkylation sites (tertiary alicyclic amines) is 1. The molecule has 15 heavy (non-hydrogen) atoms. The molecule has 1 fully saturated rings. The van der Waals surface area contributed by atoms with E-state index in [9.17, 15) is 0 Å². The van der Waals surface area contributed by atoms with E-state index in [4.69, 9.17) is 5.53 Å². The summed E-state index contributed by atoms with van der Waals surface area (Å²) in [6.07, 6.45) is 0. The second-order valence-electron chi connectivity index (χ2n) is 4.04. The summed E-state index contributed by atoms with van der Waals surface area (Å²) in [5.74, 6) is 0. The molecule has 0 radical (unpaired) electrons. The van der Waals surface area contributed by atoms with Crippen molar-refractivity contribution < 1.29 is 0 Å². The summed E-state index contributed by atoms with van der Waals surface area (Å²) in [6, 6.07) is 8.69. The first-order chi connectivity index (χ1) is 7.28. The Hall–Kier alpha value is -1.51. The molecule has 0 aromatic heterocycles. The fourth-order valence-corrected chi connectivity index (χ4v) is 1.89. The predicted octanol–water partition coefficient (Wildman–Crippen LogP) is 2.49. The SMILES string of the molecule is Cc1cccc(CN2CC(N=[N+]=[N-])C2)c1. The van der Waals surface area contributed by atoms with Gasteiger partial charge in [-0.1, -0.05) is 34.9 Å². The van der Waals surface area contributed by atoms with Crippen LogP contribution in [0.5, 0.6) is 0 Å². The van der Waals surface area contributed by atoms with Crippen LogP contribution in [0.25, 0.3) is 10.4 Å². The van der Waals surface area contributed by atoms with Crippen LogP contribution in [0.1, 0.15) is 11.1 Å². The van der Waals surface area contributed by atoms with Gasteiger partial charge in [-0.2, -0.15) is 0 Å². The van der Waals surface area contributed by atoms with Crippen LogP contribution in [0.3, 0.4) is 0 Å². The molecule has 0 saturated carbocycles. The molecule has 78 valence electrons. The fourth-order valence-electron chi connectivity index (χ4n) is 1.89. The third-order valence-corrected chi connectivity index (χ3v) is 2.64. The molecule has 1 aliphatic rings. The highest BCUT2D eigenvalue weighted by Gasteiger charge is 2.24. The van der Waals surface area contributed by atoms with Gasteiger partial charge in [-0.15, -0.1) is 0 Å². The largest absolute Gasteiger partial charge is 0.298 e. The second kappa shape index (κ2) is 4.34. The molecule has 0 N–H and O–H groups in total. The van der Waals surface area contributed by atoms with Crippen LogP contribution >= 0.6 is 0 Å².